The molecule has 2 amide bonds. The second-order valence-electron chi connectivity index (χ2n) is 7.14. The fourth-order valence-corrected chi connectivity index (χ4v) is 4.28. The second kappa shape index (κ2) is 6.73. The van der Waals surface area contributed by atoms with Crippen molar-refractivity contribution in [2.75, 3.05) is 31.5 Å². The summed E-state index contributed by atoms with van der Waals surface area (Å²) in [6, 6.07) is 7.67. The number of likely N-dealkylation sites (tertiary alicyclic amines) is 1. The van der Waals surface area contributed by atoms with E-state index in [0.29, 0.717) is 5.41 Å². The molecular weight excluding hydrogens is 326 g/mol. The van der Waals surface area contributed by atoms with Gasteiger partial charge in [0.05, 0.1) is 5.92 Å². The lowest BCUT2D eigenvalue weighted by molar-refractivity contribution is -0.137. The summed E-state index contributed by atoms with van der Waals surface area (Å²) in [5, 5.41) is 6.32. The molecule has 2 N–H and O–H groups in total. The first-order valence-corrected chi connectivity index (χ1v) is 8.55. The van der Waals surface area contributed by atoms with Gasteiger partial charge in [-0.2, -0.15) is 0 Å². The lowest BCUT2D eigenvalue weighted by Crippen LogP contribution is -2.46. The van der Waals surface area contributed by atoms with Gasteiger partial charge in [0.25, 0.3) is 0 Å². The first-order chi connectivity index (χ1) is 11.2. The molecule has 0 aromatic heterocycles. The highest BCUT2D eigenvalue weighted by molar-refractivity contribution is 6.01. The molecule has 1 spiro atoms. The number of benzene rings is 1. The van der Waals surface area contributed by atoms with E-state index in [1.807, 2.05) is 29.2 Å². The van der Waals surface area contributed by atoms with E-state index in [0.717, 1.165) is 50.3 Å². The molecule has 4 rings (SSSR count). The average molecular weight is 350 g/mol. The van der Waals surface area contributed by atoms with Crippen LogP contribution < -0.4 is 10.6 Å². The average Bonchev–Trinajstić information content (AvgIpc) is 3.02. The highest BCUT2D eigenvalue weighted by atomic mass is 35.5. The third kappa shape index (κ3) is 3.03. The number of hydrogen-bond acceptors (Lipinski definition) is 3. The molecule has 1 unspecified atom stereocenters. The van der Waals surface area contributed by atoms with Crippen molar-refractivity contribution in [1.82, 2.24) is 10.2 Å². The predicted molar refractivity (Wildman–Crippen MR) is 95.4 cm³/mol. The van der Waals surface area contributed by atoms with E-state index >= 15 is 0 Å². The molecule has 1 atom stereocenters. The number of nitrogens with one attached hydrogen (secondary N) is 2. The summed E-state index contributed by atoms with van der Waals surface area (Å²) in [5.74, 6) is -0.265. The van der Waals surface area contributed by atoms with E-state index in [-0.39, 0.29) is 36.6 Å². The van der Waals surface area contributed by atoms with Crippen molar-refractivity contribution < 1.29 is 9.59 Å². The van der Waals surface area contributed by atoms with E-state index in [2.05, 4.69) is 10.6 Å². The molecule has 24 heavy (non-hydrogen) atoms. The van der Waals surface area contributed by atoms with Gasteiger partial charge in [0.15, 0.2) is 0 Å². The standard InChI is InChI=1S/C18H23N3O2.ClH/c22-16-11-14(13-3-1-2-4-15(13)20-16)17(23)21-9-6-18(7-10-21)5-8-19-12-18;/h1-4,14,19H,5-12H2,(H,20,22);1H. The second-order valence-corrected chi connectivity index (χ2v) is 7.14. The van der Waals surface area contributed by atoms with E-state index in [1.54, 1.807) is 0 Å². The van der Waals surface area contributed by atoms with Gasteiger partial charge in [0, 0.05) is 31.7 Å². The zero-order chi connectivity index (χ0) is 15.9. The molecule has 2 fully saturated rings. The van der Waals surface area contributed by atoms with Crippen LogP contribution in [0.15, 0.2) is 24.3 Å². The number of hydrogen-bond donors (Lipinski definition) is 2. The van der Waals surface area contributed by atoms with Gasteiger partial charge in [-0.3, -0.25) is 9.59 Å². The van der Waals surface area contributed by atoms with Gasteiger partial charge in [0.1, 0.15) is 0 Å². The van der Waals surface area contributed by atoms with Gasteiger partial charge in [-0.15, -0.1) is 12.4 Å². The summed E-state index contributed by atoms with van der Waals surface area (Å²) in [6.07, 6.45) is 3.64. The SMILES string of the molecule is Cl.O=C1CC(C(=O)N2CCC3(CCNC3)CC2)c2ccccc2N1. The molecule has 0 radical (unpaired) electrons. The highest BCUT2D eigenvalue weighted by Gasteiger charge is 2.40. The monoisotopic (exact) mass is 349 g/mol. The topological polar surface area (TPSA) is 61.4 Å². The number of fused-ring (bicyclic) bond motifs is 1. The van der Waals surface area contributed by atoms with Crippen LogP contribution >= 0.6 is 12.4 Å². The van der Waals surface area contributed by atoms with Crippen LogP contribution in [0.4, 0.5) is 5.69 Å². The summed E-state index contributed by atoms with van der Waals surface area (Å²) in [6.45, 7) is 3.83. The number of anilines is 1. The Kier molecular flexibility index (Phi) is 4.83. The summed E-state index contributed by atoms with van der Waals surface area (Å²) in [5.41, 5.74) is 2.15. The Morgan fingerprint density at radius 3 is 2.62 bits per heavy atom. The first kappa shape index (κ1) is 17.2. The Morgan fingerprint density at radius 1 is 1.17 bits per heavy atom. The normalized spacial score (nSPS) is 24.9. The van der Waals surface area contributed by atoms with Gasteiger partial charge in [-0.25, -0.2) is 0 Å². The van der Waals surface area contributed by atoms with Gasteiger partial charge in [-0.1, -0.05) is 18.2 Å². The van der Waals surface area contributed by atoms with Crippen molar-refractivity contribution in [3.8, 4) is 0 Å². The number of carbonyl (C=O) groups is 2. The smallest absolute Gasteiger partial charge is 0.230 e. The number of carbonyl (C=O) groups excluding carboxylic acids is 2. The minimum atomic E-state index is -0.323. The minimum Gasteiger partial charge on any atom is -0.342 e. The Bertz CT molecular complexity index is 633. The lowest BCUT2D eigenvalue weighted by Gasteiger charge is -2.40. The van der Waals surface area contributed by atoms with Crippen molar-refractivity contribution in [2.24, 2.45) is 5.41 Å². The third-order valence-electron chi connectivity index (χ3n) is 5.77. The summed E-state index contributed by atoms with van der Waals surface area (Å²) < 4.78 is 0. The number of amides is 2. The van der Waals surface area contributed by atoms with Crippen molar-refractivity contribution in [3.63, 3.8) is 0 Å². The van der Waals surface area contributed by atoms with Crippen LogP contribution in [0.2, 0.25) is 0 Å². The molecule has 3 aliphatic heterocycles. The van der Waals surface area contributed by atoms with E-state index < -0.39 is 0 Å². The molecule has 2 saturated heterocycles. The van der Waals surface area contributed by atoms with Crippen molar-refractivity contribution in [1.29, 1.82) is 0 Å². The Morgan fingerprint density at radius 2 is 1.92 bits per heavy atom. The molecule has 3 heterocycles. The quantitative estimate of drug-likeness (QED) is 0.816. The molecule has 3 aliphatic rings. The van der Waals surface area contributed by atoms with Gasteiger partial charge >= 0.3 is 0 Å². The largest absolute Gasteiger partial charge is 0.342 e. The molecule has 0 bridgehead atoms. The number of halogens is 1. The highest BCUT2D eigenvalue weighted by Crippen LogP contribution is 2.39. The van der Waals surface area contributed by atoms with Crippen molar-refractivity contribution in [2.45, 2.75) is 31.6 Å². The maximum Gasteiger partial charge on any atom is 0.230 e. The molecule has 130 valence electrons. The Labute approximate surface area is 148 Å². The van der Waals surface area contributed by atoms with Crippen molar-refractivity contribution in [3.05, 3.63) is 29.8 Å². The minimum absolute atomic E-state index is 0. The Hall–Kier alpha value is -1.59. The molecule has 1 aromatic carbocycles. The maximum atomic E-state index is 13.0. The van der Waals surface area contributed by atoms with Crippen LogP contribution in [0.3, 0.4) is 0 Å². The van der Waals surface area contributed by atoms with E-state index in [4.69, 9.17) is 0 Å². The fourth-order valence-electron chi connectivity index (χ4n) is 4.28. The molecule has 0 aliphatic carbocycles. The van der Waals surface area contributed by atoms with E-state index in [9.17, 15) is 9.59 Å². The predicted octanol–water partition coefficient (Wildman–Crippen LogP) is 2.14. The van der Waals surface area contributed by atoms with Crippen LogP contribution in [0.5, 0.6) is 0 Å². The summed E-state index contributed by atoms with van der Waals surface area (Å²) in [7, 11) is 0. The molecular formula is C18H24ClN3O2. The van der Waals surface area contributed by atoms with Crippen LogP contribution in [0.25, 0.3) is 0 Å². The van der Waals surface area contributed by atoms with Gasteiger partial charge < -0.3 is 15.5 Å². The van der Waals surface area contributed by atoms with Crippen LogP contribution in [-0.4, -0.2) is 42.9 Å². The number of rotatable bonds is 1. The number of nitrogens with zero attached hydrogens (tertiary/aromatic N) is 1. The Balaban J connectivity index is 0.00000169. The zero-order valence-corrected chi connectivity index (χ0v) is 14.5. The fraction of sp³-hybridized carbons (Fsp3) is 0.556. The van der Waals surface area contributed by atoms with Crippen LogP contribution in [0, 0.1) is 5.41 Å². The summed E-state index contributed by atoms with van der Waals surface area (Å²) >= 11 is 0. The number of para-hydroxylation sites is 1. The zero-order valence-electron chi connectivity index (χ0n) is 13.7. The van der Waals surface area contributed by atoms with Gasteiger partial charge in [-0.05, 0) is 42.9 Å². The maximum absolute atomic E-state index is 13.0. The third-order valence-corrected chi connectivity index (χ3v) is 5.77. The molecule has 1 aromatic rings. The van der Waals surface area contributed by atoms with Crippen LogP contribution in [-0.2, 0) is 9.59 Å². The first-order valence-electron chi connectivity index (χ1n) is 8.55. The molecule has 5 nitrogen and oxygen atoms in total. The van der Waals surface area contributed by atoms with Gasteiger partial charge in [0.2, 0.25) is 11.8 Å². The van der Waals surface area contributed by atoms with E-state index in [1.165, 1.54) is 6.42 Å². The number of piperidine rings is 1. The molecule has 6 heteroatoms. The summed E-state index contributed by atoms with van der Waals surface area (Å²) in [4.78, 5) is 26.9. The van der Waals surface area contributed by atoms with Crippen LogP contribution in [0.1, 0.15) is 37.2 Å². The lowest BCUT2D eigenvalue weighted by atomic mass is 9.77. The molecule has 0 saturated carbocycles. The van der Waals surface area contributed by atoms with Crippen molar-refractivity contribution >= 4 is 29.9 Å².